The molecule has 0 unspecified atom stereocenters. The number of halogens is 1. The molecule has 3 heterocycles. The number of hydrogen-bond donors (Lipinski definition) is 1. The van der Waals surface area contributed by atoms with Crippen molar-refractivity contribution in [1.29, 1.82) is 0 Å². The van der Waals surface area contributed by atoms with Gasteiger partial charge in [0.15, 0.2) is 0 Å². The maximum atomic E-state index is 15.5. The van der Waals surface area contributed by atoms with Crippen molar-refractivity contribution in [3.8, 4) is 11.1 Å². The molecule has 6 rings (SSSR count). The summed E-state index contributed by atoms with van der Waals surface area (Å²) in [6, 6.07) is 18.4. The van der Waals surface area contributed by atoms with Gasteiger partial charge in [0.2, 0.25) is 0 Å². The van der Waals surface area contributed by atoms with E-state index < -0.39 is 5.82 Å². The molecule has 0 atom stereocenters. The van der Waals surface area contributed by atoms with Crippen LogP contribution in [0.4, 0.5) is 15.8 Å². The summed E-state index contributed by atoms with van der Waals surface area (Å²) in [5.41, 5.74) is 6.74. The van der Waals surface area contributed by atoms with Gasteiger partial charge in [0.05, 0.1) is 26.9 Å². The second-order valence-electron chi connectivity index (χ2n) is 9.01. The highest BCUT2D eigenvalue weighted by atomic mass is 32.1. The number of carbonyl (C=O) groups excluding carboxylic acids is 1. The minimum atomic E-state index is -0.429. The van der Waals surface area contributed by atoms with Crippen LogP contribution in [-0.4, -0.2) is 58.9 Å². The number of hydrogen-bond acceptors (Lipinski definition) is 6. The van der Waals surface area contributed by atoms with E-state index in [2.05, 4.69) is 20.2 Å². The lowest BCUT2D eigenvalue weighted by Gasteiger charge is -2.32. The van der Waals surface area contributed by atoms with Crippen LogP contribution in [0.15, 0.2) is 72.4 Å². The number of nitrogens with one attached hydrogen (secondary N) is 1. The second-order valence-corrected chi connectivity index (χ2v) is 9.89. The molecule has 1 amide bonds. The number of fused-ring (bicyclic) bond motifs is 2. The Morgan fingerprint density at radius 3 is 2.64 bits per heavy atom. The van der Waals surface area contributed by atoms with Crippen molar-refractivity contribution < 1.29 is 9.18 Å². The molecule has 1 saturated heterocycles. The zero-order valence-electron chi connectivity index (χ0n) is 19.7. The van der Waals surface area contributed by atoms with Crippen molar-refractivity contribution in [3.05, 3.63) is 83.8 Å². The lowest BCUT2D eigenvalue weighted by atomic mass is 9.97. The van der Waals surface area contributed by atoms with Gasteiger partial charge >= 0.3 is 0 Å². The number of anilines is 2. The van der Waals surface area contributed by atoms with Gasteiger partial charge in [0.25, 0.3) is 5.91 Å². The first kappa shape index (κ1) is 22.6. The summed E-state index contributed by atoms with van der Waals surface area (Å²) in [5, 5.41) is 4.29. The normalized spacial score (nSPS) is 14.4. The van der Waals surface area contributed by atoms with Crippen LogP contribution in [0.5, 0.6) is 0 Å². The monoisotopic (exact) mass is 497 g/mol. The van der Waals surface area contributed by atoms with E-state index in [-0.39, 0.29) is 5.91 Å². The van der Waals surface area contributed by atoms with Crippen LogP contribution >= 0.6 is 11.3 Å². The molecule has 5 aromatic rings. The highest BCUT2D eigenvalue weighted by Crippen LogP contribution is 2.36. The van der Waals surface area contributed by atoms with Crippen LogP contribution in [0.1, 0.15) is 10.4 Å². The minimum Gasteiger partial charge on any atom is -0.355 e. The van der Waals surface area contributed by atoms with E-state index in [1.54, 1.807) is 34.6 Å². The molecular weight excluding hydrogens is 473 g/mol. The van der Waals surface area contributed by atoms with Crippen LogP contribution in [0.2, 0.25) is 0 Å². The van der Waals surface area contributed by atoms with Gasteiger partial charge in [-0.1, -0.05) is 18.2 Å². The Balaban J connectivity index is 1.37. The first-order valence-corrected chi connectivity index (χ1v) is 12.7. The Labute approximate surface area is 212 Å². The average molecular weight is 498 g/mol. The summed E-state index contributed by atoms with van der Waals surface area (Å²) in [6.07, 6.45) is 1.74. The molecule has 6 nitrogen and oxygen atoms in total. The summed E-state index contributed by atoms with van der Waals surface area (Å²) in [4.78, 5) is 25.9. The van der Waals surface area contributed by atoms with Crippen LogP contribution in [-0.2, 0) is 0 Å². The van der Waals surface area contributed by atoms with Crippen LogP contribution in [0.25, 0.3) is 32.2 Å². The number of amides is 1. The Kier molecular flexibility index (Phi) is 5.83. The van der Waals surface area contributed by atoms with Crippen LogP contribution in [0.3, 0.4) is 0 Å². The van der Waals surface area contributed by atoms with Gasteiger partial charge in [0.1, 0.15) is 5.82 Å². The van der Waals surface area contributed by atoms with Crippen molar-refractivity contribution in [3.63, 3.8) is 0 Å². The van der Waals surface area contributed by atoms with Gasteiger partial charge in [-0.15, -0.1) is 11.3 Å². The Bertz CT molecular complexity index is 1590. The fourth-order valence-electron chi connectivity index (χ4n) is 4.68. The molecule has 1 aliphatic heterocycles. The first-order chi connectivity index (χ1) is 17.6. The third-order valence-electron chi connectivity index (χ3n) is 6.67. The number of likely N-dealkylation sites (N-methyl/N-ethyl adjacent to an activating group) is 1. The van der Waals surface area contributed by atoms with Crippen molar-refractivity contribution >= 4 is 49.7 Å². The second kappa shape index (κ2) is 9.29. The third kappa shape index (κ3) is 4.19. The van der Waals surface area contributed by atoms with Gasteiger partial charge < -0.3 is 15.1 Å². The van der Waals surface area contributed by atoms with E-state index in [1.165, 1.54) is 6.07 Å². The fourth-order valence-corrected chi connectivity index (χ4v) is 5.34. The molecule has 0 saturated carbocycles. The van der Waals surface area contributed by atoms with Crippen molar-refractivity contribution in [2.75, 3.05) is 38.5 Å². The quantitative estimate of drug-likeness (QED) is 0.341. The third-order valence-corrected chi connectivity index (χ3v) is 7.48. The molecule has 3 aromatic carbocycles. The van der Waals surface area contributed by atoms with Crippen molar-refractivity contribution in [2.45, 2.75) is 0 Å². The van der Waals surface area contributed by atoms with Gasteiger partial charge in [-0.3, -0.25) is 9.78 Å². The van der Waals surface area contributed by atoms with Gasteiger partial charge in [-0.05, 0) is 55.1 Å². The Morgan fingerprint density at radius 2 is 1.81 bits per heavy atom. The van der Waals surface area contributed by atoms with E-state index in [1.807, 2.05) is 55.0 Å². The molecule has 1 aliphatic rings. The largest absolute Gasteiger partial charge is 0.355 e. The van der Waals surface area contributed by atoms with Crippen LogP contribution < -0.4 is 5.32 Å². The van der Waals surface area contributed by atoms with E-state index in [0.29, 0.717) is 29.8 Å². The maximum Gasteiger partial charge on any atom is 0.254 e. The fraction of sp³-hybridized carbons (Fsp3) is 0.179. The highest BCUT2D eigenvalue weighted by molar-refractivity contribution is 7.16. The molecule has 0 bridgehead atoms. The number of carbonyl (C=O) groups is 1. The highest BCUT2D eigenvalue weighted by Gasteiger charge is 2.22. The molecule has 36 heavy (non-hydrogen) atoms. The molecule has 2 aromatic heterocycles. The molecule has 180 valence electrons. The summed E-state index contributed by atoms with van der Waals surface area (Å²) in [5.74, 6) is -0.561. The summed E-state index contributed by atoms with van der Waals surface area (Å²) in [6.45, 7) is 2.94. The zero-order chi connectivity index (χ0) is 24.6. The van der Waals surface area contributed by atoms with Crippen molar-refractivity contribution in [1.82, 2.24) is 19.8 Å². The number of rotatable bonds is 4. The van der Waals surface area contributed by atoms with Gasteiger partial charge in [0, 0.05) is 54.6 Å². The summed E-state index contributed by atoms with van der Waals surface area (Å²) in [7, 11) is 2.04. The minimum absolute atomic E-state index is 0.132. The Morgan fingerprint density at radius 1 is 0.944 bits per heavy atom. The van der Waals surface area contributed by atoms with E-state index in [4.69, 9.17) is 0 Å². The SMILES string of the molecule is CN1CCN(C(=O)c2ccc(-c3cccc4nccc(Nc5ccc6scnc6c5)c34)c(F)c2)CC1. The molecule has 1 fully saturated rings. The smallest absolute Gasteiger partial charge is 0.254 e. The molecule has 0 radical (unpaired) electrons. The van der Waals surface area contributed by atoms with Gasteiger partial charge in [-0.2, -0.15) is 0 Å². The lowest BCUT2D eigenvalue weighted by molar-refractivity contribution is 0.0663. The number of aromatic nitrogens is 2. The van der Waals surface area contributed by atoms with Gasteiger partial charge in [-0.25, -0.2) is 9.37 Å². The van der Waals surface area contributed by atoms with Crippen molar-refractivity contribution in [2.24, 2.45) is 0 Å². The number of benzene rings is 3. The lowest BCUT2D eigenvalue weighted by Crippen LogP contribution is -2.47. The predicted molar refractivity (Wildman–Crippen MR) is 143 cm³/mol. The summed E-state index contributed by atoms with van der Waals surface area (Å²) >= 11 is 1.60. The van der Waals surface area contributed by atoms with E-state index >= 15 is 4.39 Å². The molecule has 1 N–H and O–H groups in total. The standard InChI is InChI=1S/C28H24FN5OS/c1-33-11-13-34(14-12-33)28(35)18-5-7-20(22(29)15-18)21-3-2-4-23-27(21)24(9-10-30-23)32-19-6-8-26-25(16-19)31-17-36-26/h2-10,15-17H,11-14H2,1H3,(H,30,32). The summed E-state index contributed by atoms with van der Waals surface area (Å²) < 4.78 is 16.6. The first-order valence-electron chi connectivity index (χ1n) is 11.8. The maximum absolute atomic E-state index is 15.5. The average Bonchev–Trinajstić information content (AvgIpc) is 3.37. The zero-order valence-corrected chi connectivity index (χ0v) is 20.6. The molecule has 8 heteroatoms. The van der Waals surface area contributed by atoms with Crippen LogP contribution in [0, 0.1) is 5.82 Å². The number of nitrogens with zero attached hydrogens (tertiary/aromatic N) is 4. The topological polar surface area (TPSA) is 61.4 Å². The Hall–Kier alpha value is -3.88. The molecular formula is C28H24FN5OS. The molecule has 0 aliphatic carbocycles. The molecule has 0 spiro atoms. The van der Waals surface area contributed by atoms with E-state index in [0.717, 1.165) is 45.6 Å². The predicted octanol–water partition coefficient (Wildman–Crippen LogP) is 5.78. The van der Waals surface area contributed by atoms with E-state index in [9.17, 15) is 4.79 Å². The number of pyridine rings is 1. The number of piperazine rings is 1. The number of thiazole rings is 1.